The largest absolute Gasteiger partial charge is 0.481 e. The van der Waals surface area contributed by atoms with E-state index in [0.29, 0.717) is 27.6 Å². The van der Waals surface area contributed by atoms with Gasteiger partial charge in [0.15, 0.2) is 0 Å². The predicted molar refractivity (Wildman–Crippen MR) is 122 cm³/mol. The van der Waals surface area contributed by atoms with Crippen molar-refractivity contribution in [1.29, 1.82) is 0 Å². The van der Waals surface area contributed by atoms with Crippen LogP contribution in [0.1, 0.15) is 26.9 Å². The van der Waals surface area contributed by atoms with Crippen molar-refractivity contribution in [3.8, 4) is 11.3 Å². The van der Waals surface area contributed by atoms with Crippen LogP contribution in [-0.4, -0.2) is 16.1 Å². The van der Waals surface area contributed by atoms with Gasteiger partial charge in [-0.1, -0.05) is 54.1 Å². The molecule has 4 aromatic rings. The van der Waals surface area contributed by atoms with Crippen molar-refractivity contribution in [1.82, 2.24) is 4.98 Å². The highest BCUT2D eigenvalue weighted by molar-refractivity contribution is 7.12. The first kappa shape index (κ1) is 21.2. The van der Waals surface area contributed by atoms with Crippen LogP contribution in [0.15, 0.2) is 78.9 Å². The number of thiazole rings is 1. The molecule has 0 aliphatic carbocycles. The third kappa shape index (κ3) is 5.19. The summed E-state index contributed by atoms with van der Waals surface area (Å²) in [5.41, 5.74) is 3.50. The van der Waals surface area contributed by atoms with Gasteiger partial charge in [0.1, 0.15) is 10.8 Å². The minimum atomic E-state index is -0.926. The summed E-state index contributed by atoms with van der Waals surface area (Å²) in [4.78, 5) is 17.0. The lowest BCUT2D eigenvalue weighted by Crippen LogP contribution is -2.05. The number of aliphatic carboxylic acids is 1. The Kier molecular flexibility index (Phi) is 6.44. The number of carboxylic acids is 1. The van der Waals surface area contributed by atoms with E-state index in [1.54, 1.807) is 12.1 Å². The molecular weight excluding hydrogens is 433 g/mol. The normalized spacial score (nSPS) is 11.9. The molecule has 0 saturated heterocycles. The van der Waals surface area contributed by atoms with E-state index in [0.717, 1.165) is 16.1 Å². The van der Waals surface area contributed by atoms with Crippen LogP contribution >= 0.6 is 22.9 Å². The smallest absolute Gasteiger partial charge is 0.308 e. The molecule has 0 amide bonds. The van der Waals surface area contributed by atoms with Crippen LogP contribution in [0.5, 0.6) is 0 Å². The molecule has 1 heterocycles. The Morgan fingerprint density at radius 2 is 1.68 bits per heavy atom. The van der Waals surface area contributed by atoms with Crippen LogP contribution in [0, 0.1) is 5.82 Å². The Hall–Kier alpha value is -3.02. The second-order valence-electron chi connectivity index (χ2n) is 7.20. The van der Waals surface area contributed by atoms with Crippen LogP contribution in [-0.2, 0) is 17.6 Å². The molecule has 1 unspecified atom stereocenters. The number of carboxylic acid groups (broad SMARTS) is 1. The van der Waals surface area contributed by atoms with Gasteiger partial charge in [-0.3, -0.25) is 4.79 Å². The van der Waals surface area contributed by atoms with E-state index in [9.17, 15) is 14.3 Å². The summed E-state index contributed by atoms with van der Waals surface area (Å²) in [7, 11) is 0. The van der Waals surface area contributed by atoms with Gasteiger partial charge in [0.2, 0.25) is 0 Å². The summed E-state index contributed by atoms with van der Waals surface area (Å²) in [6.45, 7) is 0. The SMILES string of the molecule is O=C(O)Cc1sc(C(Cc2ccccc2)c2ccc(Cl)cc2)nc1-c1ccc(F)cc1. The molecular formula is C25H19ClFNO2S. The van der Waals surface area contributed by atoms with Crippen molar-refractivity contribution in [2.45, 2.75) is 18.8 Å². The van der Waals surface area contributed by atoms with Gasteiger partial charge in [-0.15, -0.1) is 11.3 Å². The summed E-state index contributed by atoms with van der Waals surface area (Å²) >= 11 is 7.49. The quantitative estimate of drug-likeness (QED) is 0.344. The van der Waals surface area contributed by atoms with E-state index >= 15 is 0 Å². The first-order chi connectivity index (χ1) is 15.0. The molecule has 156 valence electrons. The van der Waals surface area contributed by atoms with Crippen molar-refractivity contribution in [3.05, 3.63) is 111 Å². The third-order valence-electron chi connectivity index (χ3n) is 5.00. The van der Waals surface area contributed by atoms with E-state index in [1.807, 2.05) is 42.5 Å². The fourth-order valence-electron chi connectivity index (χ4n) is 3.50. The maximum Gasteiger partial charge on any atom is 0.308 e. The summed E-state index contributed by atoms with van der Waals surface area (Å²) in [5.74, 6) is -1.34. The lowest BCUT2D eigenvalue weighted by atomic mass is 9.92. The van der Waals surface area contributed by atoms with E-state index in [4.69, 9.17) is 16.6 Å². The van der Waals surface area contributed by atoms with Crippen LogP contribution in [0.25, 0.3) is 11.3 Å². The summed E-state index contributed by atoms with van der Waals surface area (Å²) in [6.07, 6.45) is 0.578. The standard InChI is InChI=1S/C25H19ClFNO2S/c26-19-10-6-17(7-11-19)21(14-16-4-2-1-3-5-16)25-28-24(22(31-25)15-23(29)30)18-8-12-20(27)13-9-18/h1-13,21H,14-15H2,(H,29,30). The molecule has 6 heteroatoms. The summed E-state index contributed by atoms with van der Waals surface area (Å²) < 4.78 is 13.4. The number of benzene rings is 3. The van der Waals surface area contributed by atoms with Crippen molar-refractivity contribution in [2.24, 2.45) is 0 Å². The number of rotatable bonds is 7. The second-order valence-corrected chi connectivity index (χ2v) is 8.75. The summed E-state index contributed by atoms with van der Waals surface area (Å²) in [5, 5.41) is 10.9. The minimum absolute atomic E-state index is 0.0635. The number of aromatic nitrogens is 1. The topological polar surface area (TPSA) is 50.2 Å². The maximum absolute atomic E-state index is 13.4. The molecule has 4 rings (SSSR count). The highest BCUT2D eigenvalue weighted by Gasteiger charge is 2.23. The van der Waals surface area contributed by atoms with Gasteiger partial charge in [-0.05, 0) is 53.9 Å². The van der Waals surface area contributed by atoms with Crippen LogP contribution < -0.4 is 0 Å². The molecule has 0 aliphatic heterocycles. The molecule has 3 aromatic carbocycles. The van der Waals surface area contributed by atoms with Gasteiger partial charge in [0, 0.05) is 21.4 Å². The zero-order valence-electron chi connectivity index (χ0n) is 16.5. The second kappa shape index (κ2) is 9.41. The molecule has 3 nitrogen and oxygen atoms in total. The van der Waals surface area contributed by atoms with Gasteiger partial charge >= 0.3 is 5.97 Å². The Labute approximate surface area is 188 Å². The Morgan fingerprint density at radius 3 is 2.32 bits per heavy atom. The van der Waals surface area contributed by atoms with Crippen molar-refractivity contribution in [3.63, 3.8) is 0 Å². The highest BCUT2D eigenvalue weighted by atomic mass is 35.5. The number of hydrogen-bond acceptors (Lipinski definition) is 3. The van der Waals surface area contributed by atoms with Crippen molar-refractivity contribution in [2.75, 3.05) is 0 Å². The van der Waals surface area contributed by atoms with Crippen LogP contribution in [0.4, 0.5) is 4.39 Å². The zero-order valence-corrected chi connectivity index (χ0v) is 18.0. The predicted octanol–water partition coefficient (Wildman–Crippen LogP) is 6.60. The van der Waals surface area contributed by atoms with Gasteiger partial charge in [-0.2, -0.15) is 0 Å². The molecule has 0 spiro atoms. The molecule has 31 heavy (non-hydrogen) atoms. The Balaban J connectivity index is 1.80. The summed E-state index contributed by atoms with van der Waals surface area (Å²) in [6, 6.07) is 23.7. The molecule has 0 bridgehead atoms. The number of halogens is 2. The van der Waals surface area contributed by atoms with E-state index in [2.05, 4.69) is 12.1 Å². The highest BCUT2D eigenvalue weighted by Crippen LogP contribution is 2.37. The van der Waals surface area contributed by atoms with Crippen molar-refractivity contribution >= 4 is 28.9 Å². The number of carbonyl (C=O) groups is 1. The first-order valence-corrected chi connectivity index (χ1v) is 11.0. The van der Waals surface area contributed by atoms with E-state index in [1.165, 1.54) is 23.5 Å². The van der Waals surface area contributed by atoms with Crippen LogP contribution in [0.2, 0.25) is 5.02 Å². The fourth-order valence-corrected chi connectivity index (χ4v) is 4.83. The van der Waals surface area contributed by atoms with Crippen molar-refractivity contribution < 1.29 is 14.3 Å². The molecule has 0 saturated carbocycles. The first-order valence-electron chi connectivity index (χ1n) is 9.76. The van der Waals surface area contributed by atoms with E-state index in [-0.39, 0.29) is 18.2 Å². The van der Waals surface area contributed by atoms with Gasteiger partial charge in [0.05, 0.1) is 12.1 Å². The molecule has 1 atom stereocenters. The minimum Gasteiger partial charge on any atom is -0.481 e. The third-order valence-corrected chi connectivity index (χ3v) is 6.42. The van der Waals surface area contributed by atoms with Gasteiger partial charge in [-0.25, -0.2) is 9.37 Å². The molecule has 1 aromatic heterocycles. The average Bonchev–Trinajstić information content (AvgIpc) is 3.17. The average molecular weight is 452 g/mol. The van der Waals surface area contributed by atoms with E-state index < -0.39 is 5.97 Å². The number of nitrogens with zero attached hydrogens (tertiary/aromatic N) is 1. The lowest BCUT2D eigenvalue weighted by Gasteiger charge is -2.15. The molecule has 0 aliphatic rings. The maximum atomic E-state index is 13.4. The zero-order chi connectivity index (χ0) is 21.8. The van der Waals surface area contributed by atoms with Crippen LogP contribution in [0.3, 0.4) is 0 Å². The Morgan fingerprint density at radius 1 is 1.00 bits per heavy atom. The lowest BCUT2D eigenvalue weighted by molar-refractivity contribution is -0.136. The van der Waals surface area contributed by atoms with Gasteiger partial charge < -0.3 is 5.11 Å². The Bertz CT molecular complexity index is 1170. The monoisotopic (exact) mass is 451 g/mol. The fraction of sp³-hybridized carbons (Fsp3) is 0.120. The molecule has 0 radical (unpaired) electrons. The number of hydrogen-bond donors (Lipinski definition) is 1. The molecule has 0 fully saturated rings. The van der Waals surface area contributed by atoms with Gasteiger partial charge in [0.25, 0.3) is 0 Å². The molecule has 1 N–H and O–H groups in total.